The van der Waals surface area contributed by atoms with Crippen molar-refractivity contribution >= 4 is 29.0 Å². The number of ketones is 1. The molecule has 0 aliphatic carbocycles. The van der Waals surface area contributed by atoms with Gasteiger partial charge in [0.2, 0.25) is 5.78 Å². The van der Waals surface area contributed by atoms with E-state index in [1.165, 1.54) is 11.8 Å². The molecule has 0 radical (unpaired) electrons. The third-order valence-corrected chi connectivity index (χ3v) is 3.93. The van der Waals surface area contributed by atoms with E-state index in [-0.39, 0.29) is 22.8 Å². The maximum absolute atomic E-state index is 12.7. The Morgan fingerprint density at radius 1 is 1.08 bits per heavy atom. The van der Waals surface area contributed by atoms with Gasteiger partial charge in [0.15, 0.2) is 0 Å². The summed E-state index contributed by atoms with van der Waals surface area (Å²) >= 11 is 6.07. The molecule has 0 amide bonds. The normalized spacial score (nSPS) is 11.1. The van der Waals surface area contributed by atoms with Crippen LogP contribution < -0.4 is 5.32 Å². The predicted octanol–water partition coefficient (Wildman–Crippen LogP) is 4.64. The van der Waals surface area contributed by atoms with Gasteiger partial charge in [0.25, 0.3) is 0 Å². The zero-order valence-electron chi connectivity index (χ0n) is 14.2. The van der Waals surface area contributed by atoms with Crippen molar-refractivity contribution < 1.29 is 14.3 Å². The van der Waals surface area contributed by atoms with Crippen molar-refractivity contribution in [2.45, 2.75) is 20.3 Å². The molecule has 0 saturated heterocycles. The van der Waals surface area contributed by atoms with E-state index < -0.39 is 11.8 Å². The van der Waals surface area contributed by atoms with Crippen LogP contribution in [0.3, 0.4) is 0 Å². The molecular formula is C20H20ClNO3. The van der Waals surface area contributed by atoms with E-state index >= 15 is 0 Å². The Hall–Kier alpha value is -2.59. The zero-order valence-corrected chi connectivity index (χ0v) is 15.0. The van der Waals surface area contributed by atoms with Crippen LogP contribution in [0.2, 0.25) is 5.02 Å². The summed E-state index contributed by atoms with van der Waals surface area (Å²) in [5.41, 5.74) is 2.12. The molecule has 2 aromatic carbocycles. The van der Waals surface area contributed by atoms with E-state index in [2.05, 4.69) is 12.2 Å². The highest BCUT2D eigenvalue weighted by atomic mass is 35.5. The Morgan fingerprint density at radius 2 is 1.76 bits per heavy atom. The van der Waals surface area contributed by atoms with Crippen LogP contribution in [0.4, 0.5) is 5.69 Å². The minimum atomic E-state index is -0.690. The lowest BCUT2D eigenvalue weighted by molar-refractivity contribution is -0.138. The van der Waals surface area contributed by atoms with Crippen molar-refractivity contribution in [3.8, 4) is 0 Å². The van der Waals surface area contributed by atoms with Gasteiger partial charge in [0.05, 0.1) is 11.6 Å². The lowest BCUT2D eigenvalue weighted by atomic mass is 10.0. The topological polar surface area (TPSA) is 55.4 Å². The van der Waals surface area contributed by atoms with E-state index in [0.29, 0.717) is 0 Å². The van der Waals surface area contributed by atoms with E-state index in [0.717, 1.165) is 12.1 Å². The van der Waals surface area contributed by atoms with Crippen molar-refractivity contribution in [2.24, 2.45) is 0 Å². The van der Waals surface area contributed by atoms with Gasteiger partial charge >= 0.3 is 5.97 Å². The number of nitrogens with one attached hydrogen (secondary N) is 1. The minimum absolute atomic E-state index is 0.102. The number of Topliss-reactive ketones (excluding diaryl/α,β-unsaturated/α-hetero) is 1. The average molecular weight is 358 g/mol. The summed E-state index contributed by atoms with van der Waals surface area (Å²) < 4.78 is 5.00. The van der Waals surface area contributed by atoms with Gasteiger partial charge in [0, 0.05) is 17.5 Å². The maximum Gasteiger partial charge on any atom is 0.343 e. The number of benzene rings is 2. The third-order valence-electron chi connectivity index (χ3n) is 3.60. The lowest BCUT2D eigenvalue weighted by Gasteiger charge is -2.09. The minimum Gasteiger partial charge on any atom is -0.462 e. The van der Waals surface area contributed by atoms with Crippen LogP contribution >= 0.6 is 11.6 Å². The first-order valence-corrected chi connectivity index (χ1v) is 8.46. The zero-order chi connectivity index (χ0) is 18.2. The fourth-order valence-corrected chi connectivity index (χ4v) is 2.43. The van der Waals surface area contributed by atoms with Crippen LogP contribution in [0.5, 0.6) is 0 Å². The molecule has 4 nitrogen and oxygen atoms in total. The fraction of sp³-hybridized carbons (Fsp3) is 0.200. The van der Waals surface area contributed by atoms with Gasteiger partial charge in [-0.3, -0.25) is 4.79 Å². The first-order chi connectivity index (χ1) is 12.1. The number of anilines is 1. The van der Waals surface area contributed by atoms with E-state index in [1.54, 1.807) is 31.2 Å². The van der Waals surface area contributed by atoms with Crippen LogP contribution in [-0.4, -0.2) is 18.4 Å². The lowest BCUT2D eigenvalue weighted by Crippen LogP contribution is -2.18. The number of hydrogen-bond acceptors (Lipinski definition) is 4. The number of esters is 1. The highest BCUT2D eigenvalue weighted by Gasteiger charge is 2.22. The Labute approximate surface area is 152 Å². The maximum atomic E-state index is 12.7. The molecule has 0 saturated carbocycles. The second-order valence-corrected chi connectivity index (χ2v) is 5.69. The molecule has 0 unspecified atom stereocenters. The molecule has 0 heterocycles. The van der Waals surface area contributed by atoms with Gasteiger partial charge in [-0.2, -0.15) is 0 Å². The first kappa shape index (κ1) is 18.7. The second-order valence-electron chi connectivity index (χ2n) is 5.28. The molecule has 0 atom stereocenters. The first-order valence-electron chi connectivity index (χ1n) is 8.08. The summed E-state index contributed by atoms with van der Waals surface area (Å²) in [6, 6.07) is 14.3. The largest absolute Gasteiger partial charge is 0.462 e. The molecule has 1 N–H and O–H groups in total. The van der Waals surface area contributed by atoms with Crippen molar-refractivity contribution in [1.82, 2.24) is 0 Å². The smallest absolute Gasteiger partial charge is 0.343 e. The van der Waals surface area contributed by atoms with Gasteiger partial charge in [-0.1, -0.05) is 42.8 Å². The third kappa shape index (κ3) is 4.94. The number of halogens is 1. The van der Waals surface area contributed by atoms with E-state index in [1.807, 2.05) is 24.3 Å². The molecule has 2 rings (SSSR count). The summed E-state index contributed by atoms with van der Waals surface area (Å²) in [5, 5.41) is 3.27. The Balaban J connectivity index is 2.30. The highest BCUT2D eigenvalue weighted by Crippen LogP contribution is 2.20. The number of carbonyl (C=O) groups excluding carboxylic acids is 2. The number of carbonyl (C=O) groups is 2. The number of ether oxygens (including phenoxy) is 1. The number of hydrogen-bond donors (Lipinski definition) is 1. The summed E-state index contributed by atoms with van der Waals surface area (Å²) in [6.07, 6.45) is 2.31. The molecule has 0 spiro atoms. The van der Waals surface area contributed by atoms with Gasteiger partial charge < -0.3 is 10.1 Å². The second kappa shape index (κ2) is 9.04. The SMILES string of the molecule is CCOC(=O)C(=CNc1ccc(CC)cc1)C(=O)c1ccccc1Cl. The highest BCUT2D eigenvalue weighted by molar-refractivity contribution is 6.36. The summed E-state index contributed by atoms with van der Waals surface area (Å²) in [5.74, 6) is -1.17. The van der Waals surface area contributed by atoms with E-state index in [4.69, 9.17) is 16.3 Å². The molecule has 25 heavy (non-hydrogen) atoms. The van der Waals surface area contributed by atoms with Crippen molar-refractivity contribution in [3.05, 3.63) is 76.5 Å². The molecule has 2 aromatic rings. The van der Waals surface area contributed by atoms with Crippen molar-refractivity contribution in [2.75, 3.05) is 11.9 Å². The van der Waals surface area contributed by atoms with Crippen LogP contribution in [0, 0.1) is 0 Å². The molecule has 130 valence electrons. The predicted molar refractivity (Wildman–Crippen MR) is 99.9 cm³/mol. The Morgan fingerprint density at radius 3 is 2.36 bits per heavy atom. The Kier molecular flexibility index (Phi) is 6.78. The van der Waals surface area contributed by atoms with Gasteiger partial charge in [-0.05, 0) is 43.2 Å². The average Bonchev–Trinajstić information content (AvgIpc) is 2.63. The van der Waals surface area contributed by atoms with Crippen LogP contribution in [0.25, 0.3) is 0 Å². The van der Waals surface area contributed by atoms with E-state index in [9.17, 15) is 9.59 Å². The van der Waals surface area contributed by atoms with Gasteiger partial charge in [-0.25, -0.2) is 4.79 Å². The molecule has 0 fully saturated rings. The monoisotopic (exact) mass is 357 g/mol. The van der Waals surface area contributed by atoms with Crippen LogP contribution in [-0.2, 0) is 16.0 Å². The van der Waals surface area contributed by atoms with Gasteiger partial charge in [-0.15, -0.1) is 0 Å². The number of rotatable bonds is 7. The standard InChI is InChI=1S/C20H20ClNO3/c1-3-14-9-11-15(12-10-14)22-13-17(20(24)25-4-2)19(23)16-7-5-6-8-18(16)21/h5-13,22H,3-4H2,1-2H3. The molecular weight excluding hydrogens is 338 g/mol. The molecule has 0 aromatic heterocycles. The summed E-state index contributed by atoms with van der Waals surface area (Å²) in [4.78, 5) is 24.9. The number of aryl methyl sites for hydroxylation is 1. The van der Waals surface area contributed by atoms with Crippen molar-refractivity contribution in [3.63, 3.8) is 0 Å². The molecule has 0 aliphatic rings. The summed E-state index contributed by atoms with van der Waals surface area (Å²) in [6.45, 7) is 3.94. The molecule has 0 aliphatic heterocycles. The molecule has 0 bridgehead atoms. The van der Waals surface area contributed by atoms with Crippen molar-refractivity contribution in [1.29, 1.82) is 0 Å². The summed E-state index contributed by atoms with van der Waals surface area (Å²) in [7, 11) is 0. The van der Waals surface area contributed by atoms with Gasteiger partial charge in [0.1, 0.15) is 5.57 Å². The van der Waals surface area contributed by atoms with Crippen LogP contribution in [0.15, 0.2) is 60.3 Å². The molecule has 5 heteroatoms. The fourth-order valence-electron chi connectivity index (χ4n) is 2.21. The quantitative estimate of drug-likeness (QED) is 0.258. The van der Waals surface area contributed by atoms with Crippen LogP contribution in [0.1, 0.15) is 29.8 Å². The Bertz CT molecular complexity index is 782.